The van der Waals surface area contributed by atoms with Crippen LogP contribution in [-0.4, -0.2) is 36.0 Å². The molecule has 1 saturated carbocycles. The number of hydrogen-bond acceptors (Lipinski definition) is 2. The van der Waals surface area contributed by atoms with Crippen LogP contribution in [0, 0.1) is 11.8 Å². The van der Waals surface area contributed by atoms with Gasteiger partial charge in [-0.05, 0) is 57.3 Å². The summed E-state index contributed by atoms with van der Waals surface area (Å²) < 4.78 is 0. The van der Waals surface area contributed by atoms with Crippen LogP contribution in [0.4, 0.5) is 0 Å². The number of carbonyl (C=O) groups is 1. The van der Waals surface area contributed by atoms with Gasteiger partial charge in [-0.15, -0.1) is 0 Å². The lowest BCUT2D eigenvalue weighted by molar-refractivity contribution is -0.132. The predicted molar refractivity (Wildman–Crippen MR) is 72.3 cm³/mol. The number of nitrogens with one attached hydrogen (secondary N) is 1. The first-order valence-corrected chi connectivity index (χ1v) is 7.78. The first kappa shape index (κ1) is 12.5. The number of piperidine rings is 1. The summed E-state index contributed by atoms with van der Waals surface area (Å²) in [7, 11) is 0. The van der Waals surface area contributed by atoms with E-state index in [0.717, 1.165) is 25.4 Å². The average molecular weight is 250 g/mol. The standard InChI is InChI=1S/C15H26N2O/c1-2-17(10-11-3-4-11)15(18)9-12-7-13-5-6-14(8-12)16-13/h11-14,16H,2-10H2,1H3. The van der Waals surface area contributed by atoms with E-state index < -0.39 is 0 Å². The quantitative estimate of drug-likeness (QED) is 0.811. The fourth-order valence-corrected chi connectivity index (χ4v) is 3.74. The van der Waals surface area contributed by atoms with Crippen molar-refractivity contribution in [2.75, 3.05) is 13.1 Å². The van der Waals surface area contributed by atoms with Gasteiger partial charge in [0.1, 0.15) is 0 Å². The van der Waals surface area contributed by atoms with Crippen molar-refractivity contribution in [1.29, 1.82) is 0 Å². The summed E-state index contributed by atoms with van der Waals surface area (Å²) in [5.74, 6) is 1.87. The zero-order chi connectivity index (χ0) is 12.5. The zero-order valence-corrected chi connectivity index (χ0v) is 11.5. The van der Waals surface area contributed by atoms with Crippen molar-refractivity contribution < 1.29 is 4.79 Å². The van der Waals surface area contributed by atoms with Gasteiger partial charge < -0.3 is 10.2 Å². The van der Waals surface area contributed by atoms with E-state index in [1.54, 1.807) is 0 Å². The van der Waals surface area contributed by atoms with Crippen molar-refractivity contribution in [3.8, 4) is 0 Å². The normalized spacial score (nSPS) is 34.6. The molecule has 2 unspecified atom stereocenters. The lowest BCUT2D eigenvalue weighted by atomic mass is 9.89. The van der Waals surface area contributed by atoms with Crippen LogP contribution < -0.4 is 5.32 Å². The van der Waals surface area contributed by atoms with E-state index in [2.05, 4.69) is 17.1 Å². The van der Waals surface area contributed by atoms with Crippen LogP contribution in [-0.2, 0) is 4.79 Å². The van der Waals surface area contributed by atoms with Crippen LogP contribution in [0.5, 0.6) is 0 Å². The molecule has 1 aliphatic carbocycles. The third-order valence-electron chi connectivity index (χ3n) is 4.94. The van der Waals surface area contributed by atoms with Crippen LogP contribution in [0.3, 0.4) is 0 Å². The van der Waals surface area contributed by atoms with Gasteiger partial charge in [0.25, 0.3) is 0 Å². The fraction of sp³-hybridized carbons (Fsp3) is 0.933. The molecule has 1 amide bonds. The average Bonchev–Trinajstić information content (AvgIpc) is 3.11. The Morgan fingerprint density at radius 2 is 1.78 bits per heavy atom. The van der Waals surface area contributed by atoms with E-state index in [4.69, 9.17) is 0 Å². The molecule has 3 heteroatoms. The number of hydrogen-bond donors (Lipinski definition) is 1. The first-order valence-electron chi connectivity index (χ1n) is 7.78. The van der Waals surface area contributed by atoms with Gasteiger partial charge in [-0.25, -0.2) is 0 Å². The highest BCUT2D eigenvalue weighted by Gasteiger charge is 2.35. The van der Waals surface area contributed by atoms with Gasteiger partial charge in [-0.1, -0.05) is 0 Å². The Labute approximate surface area is 110 Å². The molecule has 2 saturated heterocycles. The minimum Gasteiger partial charge on any atom is -0.343 e. The summed E-state index contributed by atoms with van der Waals surface area (Å²) in [6, 6.07) is 1.42. The molecule has 3 aliphatic rings. The molecule has 3 fully saturated rings. The monoisotopic (exact) mass is 250 g/mol. The van der Waals surface area contributed by atoms with Crippen LogP contribution in [0.1, 0.15) is 51.9 Å². The molecule has 3 nitrogen and oxygen atoms in total. The lowest BCUT2D eigenvalue weighted by Crippen LogP contribution is -2.40. The predicted octanol–water partition coefficient (Wildman–Crippen LogP) is 2.17. The molecular weight excluding hydrogens is 224 g/mol. The second kappa shape index (κ2) is 5.20. The summed E-state index contributed by atoms with van der Waals surface area (Å²) >= 11 is 0. The summed E-state index contributed by atoms with van der Waals surface area (Å²) in [4.78, 5) is 14.4. The summed E-state index contributed by atoms with van der Waals surface area (Å²) in [6.45, 7) is 4.03. The fourth-order valence-electron chi connectivity index (χ4n) is 3.74. The molecule has 2 heterocycles. The van der Waals surface area contributed by atoms with Crippen LogP contribution in [0.25, 0.3) is 0 Å². The minimum absolute atomic E-state index is 0.413. The van der Waals surface area contributed by atoms with Crippen molar-refractivity contribution in [2.24, 2.45) is 11.8 Å². The van der Waals surface area contributed by atoms with Gasteiger partial charge in [0, 0.05) is 31.6 Å². The number of amides is 1. The Morgan fingerprint density at radius 1 is 1.11 bits per heavy atom. The molecular formula is C15H26N2O. The highest BCUT2D eigenvalue weighted by Crippen LogP contribution is 2.34. The molecule has 2 aliphatic heterocycles. The number of nitrogens with zero attached hydrogens (tertiary/aromatic N) is 1. The van der Waals surface area contributed by atoms with Gasteiger partial charge in [0.2, 0.25) is 5.91 Å². The van der Waals surface area contributed by atoms with Crippen molar-refractivity contribution >= 4 is 5.91 Å². The van der Waals surface area contributed by atoms with Gasteiger partial charge in [0.15, 0.2) is 0 Å². The highest BCUT2D eigenvalue weighted by atomic mass is 16.2. The molecule has 3 rings (SSSR count). The molecule has 2 bridgehead atoms. The Balaban J connectivity index is 1.49. The maximum absolute atomic E-state index is 12.3. The topological polar surface area (TPSA) is 32.3 Å². The van der Waals surface area contributed by atoms with Crippen molar-refractivity contribution in [1.82, 2.24) is 10.2 Å². The molecule has 0 spiro atoms. The molecule has 1 N–H and O–H groups in total. The van der Waals surface area contributed by atoms with E-state index in [-0.39, 0.29) is 0 Å². The van der Waals surface area contributed by atoms with Crippen LogP contribution in [0.2, 0.25) is 0 Å². The summed E-state index contributed by atoms with van der Waals surface area (Å²) in [6.07, 6.45) is 8.58. The Bertz CT molecular complexity index is 302. The third-order valence-corrected chi connectivity index (χ3v) is 4.94. The van der Waals surface area contributed by atoms with Gasteiger partial charge >= 0.3 is 0 Å². The summed E-state index contributed by atoms with van der Waals surface area (Å²) in [5.41, 5.74) is 0. The largest absolute Gasteiger partial charge is 0.343 e. The summed E-state index contributed by atoms with van der Waals surface area (Å²) in [5, 5.41) is 3.65. The highest BCUT2D eigenvalue weighted by molar-refractivity contribution is 5.76. The van der Waals surface area contributed by atoms with Gasteiger partial charge in [-0.3, -0.25) is 4.79 Å². The molecule has 2 atom stereocenters. The SMILES string of the molecule is CCN(CC1CC1)C(=O)CC1CC2CCC(C1)N2. The second-order valence-corrected chi connectivity index (χ2v) is 6.56. The minimum atomic E-state index is 0.413. The van der Waals surface area contributed by atoms with Gasteiger partial charge in [-0.2, -0.15) is 0 Å². The van der Waals surface area contributed by atoms with Crippen LogP contribution in [0.15, 0.2) is 0 Å². The lowest BCUT2D eigenvalue weighted by Gasteiger charge is -2.30. The maximum Gasteiger partial charge on any atom is 0.222 e. The number of rotatable bonds is 5. The van der Waals surface area contributed by atoms with E-state index in [0.29, 0.717) is 23.9 Å². The van der Waals surface area contributed by atoms with Crippen LogP contribution >= 0.6 is 0 Å². The number of fused-ring (bicyclic) bond motifs is 2. The van der Waals surface area contributed by atoms with Crippen molar-refractivity contribution in [3.63, 3.8) is 0 Å². The molecule has 0 aromatic rings. The molecule has 0 radical (unpaired) electrons. The van der Waals surface area contributed by atoms with E-state index in [1.807, 2.05) is 0 Å². The molecule has 0 aromatic heterocycles. The Kier molecular flexibility index (Phi) is 3.60. The smallest absolute Gasteiger partial charge is 0.222 e. The van der Waals surface area contributed by atoms with E-state index in [1.165, 1.54) is 38.5 Å². The number of carbonyl (C=O) groups excluding carboxylic acids is 1. The second-order valence-electron chi connectivity index (χ2n) is 6.56. The van der Waals surface area contributed by atoms with Crippen molar-refractivity contribution in [2.45, 2.75) is 64.0 Å². The third kappa shape index (κ3) is 2.87. The van der Waals surface area contributed by atoms with E-state index in [9.17, 15) is 4.79 Å². The molecule has 0 aromatic carbocycles. The zero-order valence-electron chi connectivity index (χ0n) is 11.5. The van der Waals surface area contributed by atoms with E-state index >= 15 is 0 Å². The molecule has 18 heavy (non-hydrogen) atoms. The first-order chi connectivity index (χ1) is 8.74. The Morgan fingerprint density at radius 3 is 2.33 bits per heavy atom. The molecule has 102 valence electrons. The maximum atomic E-state index is 12.3. The Hall–Kier alpha value is -0.570. The van der Waals surface area contributed by atoms with Crippen molar-refractivity contribution in [3.05, 3.63) is 0 Å². The van der Waals surface area contributed by atoms with Gasteiger partial charge in [0.05, 0.1) is 0 Å².